The first-order chi connectivity index (χ1) is 15.9. The lowest BCUT2D eigenvalue weighted by molar-refractivity contribution is -0.121. The van der Waals surface area contributed by atoms with Crippen LogP contribution in [0.25, 0.3) is 0 Å². The van der Waals surface area contributed by atoms with Crippen LogP contribution in [-0.4, -0.2) is 43.0 Å². The maximum atomic E-state index is 12.7. The van der Waals surface area contributed by atoms with Gasteiger partial charge in [0, 0.05) is 5.75 Å². The summed E-state index contributed by atoms with van der Waals surface area (Å²) in [5.41, 5.74) is 2.11. The van der Waals surface area contributed by atoms with E-state index in [1.165, 1.54) is 33.9 Å². The molecule has 174 valence electrons. The van der Waals surface area contributed by atoms with Gasteiger partial charge in [-0.05, 0) is 60.0 Å². The molecule has 7 nitrogen and oxygen atoms in total. The quantitative estimate of drug-likeness (QED) is 0.376. The summed E-state index contributed by atoms with van der Waals surface area (Å²) >= 11 is 14.9. The molecule has 0 saturated heterocycles. The Morgan fingerprint density at radius 3 is 2.52 bits per heavy atom. The van der Waals surface area contributed by atoms with Gasteiger partial charge in [0.2, 0.25) is 5.16 Å². The van der Waals surface area contributed by atoms with Crippen LogP contribution in [0.5, 0.6) is 0 Å². The Balaban J connectivity index is 1.51. The van der Waals surface area contributed by atoms with Crippen LogP contribution in [0, 0.1) is 6.92 Å². The summed E-state index contributed by atoms with van der Waals surface area (Å²) in [4.78, 5) is 26.8. The minimum atomic E-state index is -0.621. The number of aromatic nitrogens is 4. The average Bonchev–Trinajstić information content (AvgIpc) is 3.22. The predicted molar refractivity (Wildman–Crippen MR) is 133 cm³/mol. The second kappa shape index (κ2) is 12.4. The molecule has 3 aromatic rings. The van der Waals surface area contributed by atoms with Gasteiger partial charge in [-0.25, -0.2) is 0 Å². The van der Waals surface area contributed by atoms with Gasteiger partial charge >= 0.3 is 0 Å². The van der Waals surface area contributed by atoms with Crippen LogP contribution in [0.2, 0.25) is 10.0 Å². The first-order valence-corrected chi connectivity index (χ1v) is 12.8. The van der Waals surface area contributed by atoms with Crippen LogP contribution in [0.3, 0.4) is 0 Å². The maximum Gasteiger partial charge on any atom is 0.279 e. The van der Waals surface area contributed by atoms with Gasteiger partial charge in [-0.3, -0.25) is 9.59 Å². The Hall–Kier alpha value is -2.07. The van der Waals surface area contributed by atoms with Crippen molar-refractivity contribution in [3.05, 3.63) is 63.6 Å². The van der Waals surface area contributed by atoms with E-state index in [0.29, 0.717) is 32.3 Å². The van der Waals surface area contributed by atoms with E-state index in [1.807, 2.05) is 44.2 Å². The van der Waals surface area contributed by atoms with E-state index < -0.39 is 6.04 Å². The lowest BCUT2D eigenvalue weighted by Crippen LogP contribution is -2.40. The number of hydrogen-bond acceptors (Lipinski definition) is 7. The summed E-state index contributed by atoms with van der Waals surface area (Å²) in [7, 11) is 0. The molecule has 0 fully saturated rings. The van der Waals surface area contributed by atoms with Gasteiger partial charge in [-0.1, -0.05) is 72.2 Å². The van der Waals surface area contributed by atoms with Gasteiger partial charge in [0.25, 0.3) is 5.24 Å². The van der Waals surface area contributed by atoms with E-state index in [-0.39, 0.29) is 17.6 Å². The molecule has 1 aromatic heterocycles. The van der Waals surface area contributed by atoms with E-state index in [9.17, 15) is 9.59 Å². The van der Waals surface area contributed by atoms with Crippen LogP contribution >= 0.6 is 46.7 Å². The van der Waals surface area contributed by atoms with E-state index in [1.54, 1.807) is 12.1 Å². The number of carbonyl (C=O) groups is 2. The smallest absolute Gasteiger partial charge is 0.279 e. The van der Waals surface area contributed by atoms with Gasteiger partial charge in [0.15, 0.2) is 5.78 Å². The molecule has 2 aromatic carbocycles. The molecule has 0 spiro atoms. The predicted octanol–water partition coefficient (Wildman–Crippen LogP) is 5.47. The van der Waals surface area contributed by atoms with E-state index >= 15 is 0 Å². The van der Waals surface area contributed by atoms with Crippen molar-refractivity contribution < 1.29 is 9.59 Å². The number of tetrazole rings is 1. The van der Waals surface area contributed by atoms with Crippen molar-refractivity contribution >= 4 is 57.7 Å². The zero-order valence-corrected chi connectivity index (χ0v) is 21.3. The number of carbonyl (C=O) groups excluding carboxylic acids is 2. The van der Waals surface area contributed by atoms with Gasteiger partial charge in [-0.2, -0.15) is 4.80 Å². The lowest BCUT2D eigenvalue weighted by atomic mass is 10.1. The molecular weight excluding hydrogens is 501 g/mol. The zero-order valence-electron chi connectivity index (χ0n) is 18.1. The molecule has 1 amide bonds. The molecule has 0 radical (unpaired) electrons. The second-order valence-electron chi connectivity index (χ2n) is 7.21. The average molecular weight is 524 g/mol. The third kappa shape index (κ3) is 7.74. The largest absolute Gasteiger partial charge is 0.337 e. The molecule has 1 atom stereocenters. The number of rotatable bonds is 10. The molecule has 1 heterocycles. The van der Waals surface area contributed by atoms with Gasteiger partial charge < -0.3 is 5.32 Å². The molecule has 0 aliphatic carbocycles. The van der Waals surface area contributed by atoms with Crippen molar-refractivity contribution in [3.63, 3.8) is 0 Å². The Morgan fingerprint density at radius 2 is 1.85 bits per heavy atom. The van der Waals surface area contributed by atoms with E-state index in [2.05, 4.69) is 20.7 Å². The van der Waals surface area contributed by atoms with Crippen molar-refractivity contribution in [2.75, 3.05) is 5.75 Å². The Bertz CT molecular complexity index is 1090. The molecule has 33 heavy (non-hydrogen) atoms. The highest BCUT2D eigenvalue weighted by molar-refractivity contribution is 8.13. The monoisotopic (exact) mass is 523 g/mol. The third-order valence-corrected chi connectivity index (χ3v) is 7.22. The fourth-order valence-electron chi connectivity index (χ4n) is 2.96. The number of hydrogen-bond donors (Lipinski definition) is 1. The normalized spacial score (nSPS) is 11.9. The van der Waals surface area contributed by atoms with Crippen LogP contribution in [0.1, 0.15) is 24.5 Å². The topological polar surface area (TPSA) is 89.8 Å². The fraction of sp³-hybridized carbons (Fsp3) is 0.318. The maximum absolute atomic E-state index is 12.7. The molecule has 1 unspecified atom stereocenters. The van der Waals surface area contributed by atoms with Gasteiger partial charge in [0.05, 0.1) is 21.0 Å². The van der Waals surface area contributed by atoms with Crippen LogP contribution < -0.4 is 5.32 Å². The molecule has 1 N–H and O–H groups in total. The number of halogens is 2. The minimum absolute atomic E-state index is 0.101. The summed E-state index contributed by atoms with van der Waals surface area (Å²) in [6.07, 6.45) is 1.25. The summed E-state index contributed by atoms with van der Waals surface area (Å²) in [6, 6.07) is 12.9. The fourth-order valence-corrected chi connectivity index (χ4v) is 5.25. The Kier molecular flexibility index (Phi) is 9.61. The summed E-state index contributed by atoms with van der Waals surface area (Å²) in [5.74, 6) is 0.436. The Labute approximate surface area is 211 Å². The van der Waals surface area contributed by atoms with Gasteiger partial charge in [0.1, 0.15) is 6.54 Å². The lowest BCUT2D eigenvalue weighted by Gasteiger charge is -2.15. The highest BCUT2D eigenvalue weighted by Gasteiger charge is 2.21. The number of aryl methyl sites for hydroxylation is 2. The standard InChI is InChI=1S/C22H23Cl2N5O2S2/c1-3-18(25-22(31)32-10-9-15-7-5-4-6-8-15)19(30)13-29-27-21(26-28-29)33-20-16(23)11-14(2)12-17(20)24/h4-8,11-12,18H,3,9-10,13H2,1-2H3,(H,25,31). The molecule has 0 aliphatic rings. The van der Waals surface area contributed by atoms with Crippen molar-refractivity contribution in [1.29, 1.82) is 0 Å². The summed E-state index contributed by atoms with van der Waals surface area (Å²) in [5, 5.41) is 16.0. The highest BCUT2D eigenvalue weighted by Crippen LogP contribution is 2.37. The summed E-state index contributed by atoms with van der Waals surface area (Å²) < 4.78 is 0. The molecule has 3 rings (SSSR count). The third-order valence-electron chi connectivity index (χ3n) is 4.62. The minimum Gasteiger partial charge on any atom is -0.337 e. The number of benzene rings is 2. The first-order valence-electron chi connectivity index (χ1n) is 10.3. The summed E-state index contributed by atoms with van der Waals surface area (Å²) in [6.45, 7) is 3.64. The first kappa shape index (κ1) is 25.6. The molecule has 11 heteroatoms. The van der Waals surface area contributed by atoms with Gasteiger partial charge in [-0.15, -0.1) is 10.2 Å². The molecule has 0 aliphatic heterocycles. The number of Topliss-reactive ketones (excluding diaryl/α,β-unsaturated/α-hetero) is 1. The van der Waals surface area contributed by atoms with Crippen LogP contribution in [0.4, 0.5) is 4.79 Å². The molecule has 0 bridgehead atoms. The van der Waals surface area contributed by atoms with Crippen molar-refractivity contribution in [2.24, 2.45) is 0 Å². The number of nitrogens with zero attached hydrogens (tertiary/aromatic N) is 4. The number of thioether (sulfide) groups is 1. The number of amides is 1. The van der Waals surface area contributed by atoms with Crippen molar-refractivity contribution in [1.82, 2.24) is 25.5 Å². The highest BCUT2D eigenvalue weighted by atomic mass is 35.5. The number of ketones is 1. The zero-order chi connectivity index (χ0) is 23.8. The van der Waals surface area contributed by atoms with E-state index in [0.717, 1.165) is 12.0 Å². The SMILES string of the molecule is CCC(NC(=O)SCCc1ccccc1)C(=O)Cn1nnc(Sc2c(Cl)cc(C)cc2Cl)n1. The van der Waals surface area contributed by atoms with E-state index in [4.69, 9.17) is 23.2 Å². The number of nitrogens with one attached hydrogen (secondary N) is 1. The van der Waals surface area contributed by atoms with Crippen molar-refractivity contribution in [2.45, 2.75) is 49.3 Å². The second-order valence-corrected chi connectivity index (χ2v) is 10.1. The Morgan fingerprint density at radius 1 is 1.15 bits per heavy atom. The molecule has 0 saturated carbocycles. The molecular formula is C22H23Cl2N5O2S2. The van der Waals surface area contributed by atoms with Crippen LogP contribution in [0.15, 0.2) is 52.5 Å². The van der Waals surface area contributed by atoms with Crippen molar-refractivity contribution in [3.8, 4) is 0 Å². The van der Waals surface area contributed by atoms with Crippen LogP contribution in [-0.2, 0) is 17.8 Å².